The molecule has 0 unspecified atom stereocenters. The van der Waals surface area contributed by atoms with Crippen molar-refractivity contribution in [1.82, 2.24) is 10.5 Å². The highest BCUT2D eigenvalue weighted by Gasteiger charge is 2.43. The van der Waals surface area contributed by atoms with Gasteiger partial charge in [-0.2, -0.15) is 0 Å². The van der Waals surface area contributed by atoms with Crippen LogP contribution in [0.1, 0.15) is 39.1 Å². The Labute approximate surface area is 113 Å². The van der Waals surface area contributed by atoms with Crippen LogP contribution < -0.4 is 5.32 Å². The second kappa shape index (κ2) is 5.71. The molecule has 0 atom stereocenters. The number of aromatic nitrogens is 1. The second-order valence-electron chi connectivity index (χ2n) is 5.63. The summed E-state index contributed by atoms with van der Waals surface area (Å²) in [6.07, 6.45) is 0. The number of methoxy groups -OCH3 is 1. The van der Waals surface area contributed by atoms with Gasteiger partial charge in [-0.05, 0) is 27.7 Å². The number of hydrogen-bond acceptors (Lipinski definition) is 5. The smallest absolute Gasteiger partial charge is 0.310 e. The normalized spacial score (nSPS) is 12.7. The van der Waals surface area contributed by atoms with E-state index in [1.54, 1.807) is 27.0 Å². The Morgan fingerprint density at radius 2 is 2.11 bits per heavy atom. The molecule has 0 aliphatic rings. The van der Waals surface area contributed by atoms with Crippen molar-refractivity contribution >= 4 is 5.97 Å². The molecule has 0 saturated heterocycles. The van der Waals surface area contributed by atoms with E-state index in [9.17, 15) is 9.90 Å². The Morgan fingerprint density at radius 1 is 1.47 bits per heavy atom. The number of nitrogens with one attached hydrogen (secondary N) is 1. The van der Waals surface area contributed by atoms with Gasteiger partial charge in [-0.25, -0.2) is 0 Å². The Morgan fingerprint density at radius 3 is 2.63 bits per heavy atom. The lowest BCUT2D eigenvalue weighted by Crippen LogP contribution is -2.54. The molecule has 2 N–H and O–H groups in total. The average Bonchev–Trinajstić information content (AvgIpc) is 2.74. The maximum Gasteiger partial charge on any atom is 0.310 e. The SMILES string of the molecule is COCc1cc(CNC(C)(C)C(C)(C)C(=O)O)no1. The first kappa shape index (κ1) is 15.7. The summed E-state index contributed by atoms with van der Waals surface area (Å²) in [6, 6.07) is 1.79. The lowest BCUT2D eigenvalue weighted by molar-refractivity contribution is -0.151. The summed E-state index contributed by atoms with van der Waals surface area (Å²) in [4.78, 5) is 11.3. The molecule has 0 amide bonds. The Hall–Kier alpha value is -1.40. The highest BCUT2D eigenvalue weighted by atomic mass is 16.5. The van der Waals surface area contributed by atoms with Crippen LogP contribution in [0.5, 0.6) is 0 Å². The second-order valence-corrected chi connectivity index (χ2v) is 5.63. The van der Waals surface area contributed by atoms with E-state index in [-0.39, 0.29) is 0 Å². The molecule has 0 radical (unpaired) electrons. The van der Waals surface area contributed by atoms with E-state index in [2.05, 4.69) is 10.5 Å². The molecule has 108 valence electrons. The Kier molecular flexibility index (Phi) is 4.70. The molecule has 6 nitrogen and oxygen atoms in total. The van der Waals surface area contributed by atoms with Crippen LogP contribution in [0.3, 0.4) is 0 Å². The van der Waals surface area contributed by atoms with E-state index in [0.717, 1.165) is 5.69 Å². The van der Waals surface area contributed by atoms with Crippen LogP contribution in [0.2, 0.25) is 0 Å². The van der Waals surface area contributed by atoms with E-state index >= 15 is 0 Å². The van der Waals surface area contributed by atoms with E-state index in [1.165, 1.54) is 0 Å². The van der Waals surface area contributed by atoms with Gasteiger partial charge in [0.2, 0.25) is 0 Å². The predicted octanol–water partition coefficient (Wildman–Crippen LogP) is 1.80. The van der Waals surface area contributed by atoms with Crippen molar-refractivity contribution in [3.05, 3.63) is 17.5 Å². The Balaban J connectivity index is 2.66. The summed E-state index contributed by atoms with van der Waals surface area (Å²) in [5.74, 6) is -0.195. The third-order valence-electron chi connectivity index (χ3n) is 3.70. The first-order chi connectivity index (χ1) is 8.70. The minimum absolute atomic E-state index is 0.372. The number of aliphatic carboxylic acids is 1. The van der Waals surface area contributed by atoms with E-state index in [0.29, 0.717) is 18.9 Å². The zero-order valence-electron chi connectivity index (χ0n) is 12.1. The van der Waals surface area contributed by atoms with E-state index in [1.807, 2.05) is 13.8 Å². The number of ether oxygens (including phenoxy) is 1. The van der Waals surface area contributed by atoms with Crippen LogP contribution in [-0.2, 0) is 22.7 Å². The molecule has 0 aliphatic heterocycles. The molecular formula is C13H22N2O4. The number of carboxylic acid groups (broad SMARTS) is 1. The van der Waals surface area contributed by atoms with Gasteiger partial charge in [-0.1, -0.05) is 5.16 Å². The molecule has 19 heavy (non-hydrogen) atoms. The van der Waals surface area contributed by atoms with Crippen molar-refractivity contribution in [2.45, 2.75) is 46.4 Å². The number of carboxylic acids is 1. The van der Waals surface area contributed by atoms with Crippen LogP contribution in [-0.4, -0.2) is 28.9 Å². The van der Waals surface area contributed by atoms with Gasteiger partial charge in [0, 0.05) is 25.3 Å². The molecule has 1 rings (SSSR count). The minimum atomic E-state index is -0.897. The van der Waals surface area contributed by atoms with Gasteiger partial charge in [0.15, 0.2) is 5.76 Å². The van der Waals surface area contributed by atoms with Gasteiger partial charge >= 0.3 is 5.97 Å². The lowest BCUT2D eigenvalue weighted by atomic mass is 9.74. The molecule has 0 bridgehead atoms. The summed E-state index contributed by atoms with van der Waals surface area (Å²) in [7, 11) is 1.58. The highest BCUT2D eigenvalue weighted by molar-refractivity contribution is 5.75. The van der Waals surface area contributed by atoms with Crippen LogP contribution in [0.15, 0.2) is 10.6 Å². The van der Waals surface area contributed by atoms with E-state index < -0.39 is 16.9 Å². The van der Waals surface area contributed by atoms with Gasteiger partial charge in [-0.15, -0.1) is 0 Å². The number of rotatable bonds is 7. The molecule has 1 aromatic heterocycles. The molecule has 0 fully saturated rings. The van der Waals surface area contributed by atoms with Crippen LogP contribution in [0.25, 0.3) is 0 Å². The van der Waals surface area contributed by atoms with Gasteiger partial charge in [0.25, 0.3) is 0 Å². The number of carbonyl (C=O) groups is 1. The zero-order valence-corrected chi connectivity index (χ0v) is 12.1. The summed E-state index contributed by atoms with van der Waals surface area (Å²) in [6.45, 7) is 7.92. The average molecular weight is 270 g/mol. The molecule has 0 spiro atoms. The fraction of sp³-hybridized carbons (Fsp3) is 0.692. The summed E-state index contributed by atoms with van der Waals surface area (Å²) < 4.78 is 10.0. The maximum absolute atomic E-state index is 11.3. The topological polar surface area (TPSA) is 84.6 Å². The third kappa shape index (κ3) is 3.54. The first-order valence-corrected chi connectivity index (χ1v) is 6.12. The maximum atomic E-state index is 11.3. The minimum Gasteiger partial charge on any atom is -0.481 e. The molecule has 0 aromatic carbocycles. The van der Waals surface area contributed by atoms with Crippen LogP contribution in [0, 0.1) is 5.41 Å². The van der Waals surface area contributed by atoms with Crippen molar-refractivity contribution in [2.75, 3.05) is 7.11 Å². The monoisotopic (exact) mass is 270 g/mol. The summed E-state index contributed by atoms with van der Waals surface area (Å²) >= 11 is 0. The van der Waals surface area contributed by atoms with Crippen molar-refractivity contribution in [3.63, 3.8) is 0 Å². The number of nitrogens with zero attached hydrogens (tertiary/aromatic N) is 1. The fourth-order valence-corrected chi connectivity index (χ4v) is 1.45. The largest absolute Gasteiger partial charge is 0.481 e. The molecule has 0 saturated carbocycles. The molecular weight excluding hydrogens is 248 g/mol. The summed E-state index contributed by atoms with van der Waals surface area (Å²) in [5, 5.41) is 16.4. The van der Waals surface area contributed by atoms with Crippen molar-refractivity contribution in [2.24, 2.45) is 5.41 Å². The molecule has 6 heteroatoms. The van der Waals surface area contributed by atoms with Crippen molar-refractivity contribution in [1.29, 1.82) is 0 Å². The Bertz CT molecular complexity index is 438. The first-order valence-electron chi connectivity index (χ1n) is 6.12. The molecule has 1 aromatic rings. The number of hydrogen-bond donors (Lipinski definition) is 2. The van der Waals surface area contributed by atoms with Gasteiger partial charge in [-0.3, -0.25) is 4.79 Å². The molecule has 1 heterocycles. The lowest BCUT2D eigenvalue weighted by Gasteiger charge is -2.38. The quantitative estimate of drug-likeness (QED) is 0.786. The predicted molar refractivity (Wildman–Crippen MR) is 69.6 cm³/mol. The van der Waals surface area contributed by atoms with Gasteiger partial charge in [0.05, 0.1) is 11.1 Å². The molecule has 0 aliphatic carbocycles. The third-order valence-corrected chi connectivity index (χ3v) is 3.70. The van der Waals surface area contributed by atoms with E-state index in [4.69, 9.17) is 9.26 Å². The van der Waals surface area contributed by atoms with Crippen molar-refractivity contribution in [3.8, 4) is 0 Å². The van der Waals surface area contributed by atoms with Crippen molar-refractivity contribution < 1.29 is 19.2 Å². The fourth-order valence-electron chi connectivity index (χ4n) is 1.45. The van der Waals surface area contributed by atoms with Crippen LogP contribution >= 0.6 is 0 Å². The van der Waals surface area contributed by atoms with Crippen LogP contribution in [0.4, 0.5) is 0 Å². The zero-order chi connectivity index (χ0) is 14.7. The van der Waals surface area contributed by atoms with Gasteiger partial charge < -0.3 is 19.7 Å². The van der Waals surface area contributed by atoms with Gasteiger partial charge in [0.1, 0.15) is 6.61 Å². The standard InChI is InChI=1S/C13H22N2O4/c1-12(2,11(16)17)13(3,4)14-7-9-6-10(8-18-5)19-15-9/h6,14H,7-8H2,1-5H3,(H,16,17). The summed E-state index contributed by atoms with van der Waals surface area (Å²) in [5.41, 5.74) is -0.757. The highest BCUT2D eigenvalue weighted by Crippen LogP contribution is 2.30.